The molecule has 17 heavy (non-hydrogen) atoms. The van der Waals surface area contributed by atoms with Gasteiger partial charge in [0, 0.05) is 0 Å². The molecule has 0 radical (unpaired) electrons. The zero-order valence-corrected chi connectivity index (χ0v) is 11.2. The molecular weight excluding hydrogens is 275 g/mol. The molecule has 0 aliphatic carbocycles. The van der Waals surface area contributed by atoms with E-state index in [9.17, 15) is 18.0 Å². The van der Waals surface area contributed by atoms with E-state index < -0.39 is 39.9 Å². The average Bonchev–Trinajstić information content (AvgIpc) is 1.95. The predicted octanol–water partition coefficient (Wildman–Crippen LogP) is -5.31. The van der Waals surface area contributed by atoms with Crippen LogP contribution in [0.4, 0.5) is 4.79 Å². The van der Waals surface area contributed by atoms with Crippen LogP contribution in [0.15, 0.2) is 0 Å². The van der Waals surface area contributed by atoms with Gasteiger partial charge in [-0.15, -0.1) is 0 Å². The largest absolute Gasteiger partial charge is 1.00 e. The summed E-state index contributed by atoms with van der Waals surface area (Å²) in [7, 11) is -4.84. The third-order valence-corrected chi connectivity index (χ3v) is 2.08. The van der Waals surface area contributed by atoms with Crippen LogP contribution >= 0.6 is 0 Å². The van der Waals surface area contributed by atoms with Gasteiger partial charge in [0.1, 0.15) is 0 Å². The molecule has 10 nitrogen and oxygen atoms in total. The molecule has 0 bridgehead atoms. The number of carboxylic acids is 2. The number of carbonyl (C=O) groups is 3. The van der Waals surface area contributed by atoms with Crippen LogP contribution in [0.3, 0.4) is 0 Å². The fourth-order valence-electron chi connectivity index (χ4n) is 0.479. The van der Waals surface area contributed by atoms with Crippen molar-refractivity contribution in [3.63, 3.8) is 0 Å². The monoisotopic (exact) mass is 282 g/mol. The van der Waals surface area contributed by atoms with Gasteiger partial charge in [-0.25, -0.2) is 0 Å². The predicted molar refractivity (Wildman–Crippen MR) is 43.2 cm³/mol. The van der Waals surface area contributed by atoms with Crippen molar-refractivity contribution in [2.24, 2.45) is 0 Å². The Morgan fingerprint density at radius 2 is 1.41 bits per heavy atom. The Balaban J connectivity index is -0.000000340. The van der Waals surface area contributed by atoms with Gasteiger partial charge in [0.05, 0.1) is 6.42 Å². The van der Waals surface area contributed by atoms with Crippen molar-refractivity contribution in [3.8, 4) is 0 Å². The standard InChI is InChI=1S/C4H6O7S.CH2O3.Na/c5-3(6)1-2(4(7)8)12(9,10)11;2-1(3)4;/h2H,1H2,(H,5,6)(H,7,8)(H,9,10,11);(H2,2,3,4);/q;;+1/p-1. The molecule has 0 aromatic carbocycles. The van der Waals surface area contributed by atoms with Crippen molar-refractivity contribution in [3.05, 3.63) is 0 Å². The minimum absolute atomic E-state index is 0. The van der Waals surface area contributed by atoms with Crippen molar-refractivity contribution < 1.29 is 77.3 Å². The quantitative estimate of drug-likeness (QED) is 0.286. The van der Waals surface area contributed by atoms with Gasteiger partial charge in [-0.2, -0.15) is 8.42 Å². The van der Waals surface area contributed by atoms with Crippen LogP contribution in [-0.4, -0.2) is 51.6 Å². The van der Waals surface area contributed by atoms with Gasteiger partial charge < -0.3 is 25.2 Å². The van der Waals surface area contributed by atoms with Gasteiger partial charge in [-0.3, -0.25) is 14.1 Å². The Bertz CT molecular complexity index is 368. The molecule has 0 saturated heterocycles. The first kappa shape index (κ1) is 21.4. The number of carboxylic acid groups (broad SMARTS) is 4. The fraction of sp³-hybridized carbons (Fsp3) is 0.400. The Labute approximate surface area is 117 Å². The zero-order chi connectivity index (χ0) is 13.5. The SMILES string of the molecule is O=C(O)CC(C(=O)O)S(=O)(=O)O.O=C([O-])O.[Na+]. The first-order chi connectivity index (χ1) is 6.98. The summed E-state index contributed by atoms with van der Waals surface area (Å²) in [6.07, 6.45) is -3.24. The Kier molecular flexibility index (Phi) is 11.6. The van der Waals surface area contributed by atoms with Crippen LogP contribution < -0.4 is 34.7 Å². The van der Waals surface area contributed by atoms with Gasteiger partial charge in [-0.05, 0) is 0 Å². The van der Waals surface area contributed by atoms with Crippen molar-refractivity contribution in [1.29, 1.82) is 0 Å². The van der Waals surface area contributed by atoms with Crippen LogP contribution in [0, 0.1) is 0 Å². The molecule has 4 N–H and O–H groups in total. The van der Waals surface area contributed by atoms with E-state index in [2.05, 4.69) is 0 Å². The third-order valence-electron chi connectivity index (χ3n) is 0.995. The molecule has 94 valence electrons. The van der Waals surface area contributed by atoms with Crippen molar-refractivity contribution >= 4 is 28.2 Å². The van der Waals surface area contributed by atoms with E-state index in [1.807, 2.05) is 0 Å². The number of rotatable bonds is 4. The first-order valence-corrected chi connectivity index (χ1v) is 4.79. The maximum Gasteiger partial charge on any atom is 1.00 e. The van der Waals surface area contributed by atoms with E-state index in [0.29, 0.717) is 0 Å². The average molecular weight is 282 g/mol. The maximum atomic E-state index is 10.2. The summed E-state index contributed by atoms with van der Waals surface area (Å²) in [6.45, 7) is 0. The Hall–Kier alpha value is -0.880. The van der Waals surface area contributed by atoms with Crippen LogP contribution in [0.25, 0.3) is 0 Å². The third kappa shape index (κ3) is 15.1. The molecule has 0 aromatic heterocycles. The second kappa shape index (κ2) is 9.18. The maximum absolute atomic E-state index is 10.2. The normalized spacial score (nSPS) is 11.1. The second-order valence-corrected chi connectivity index (χ2v) is 3.80. The summed E-state index contributed by atoms with van der Waals surface area (Å²) in [6, 6.07) is 0. The molecule has 0 aliphatic rings. The summed E-state index contributed by atoms with van der Waals surface area (Å²) < 4.78 is 28.7. The van der Waals surface area contributed by atoms with Crippen molar-refractivity contribution in [2.45, 2.75) is 11.7 Å². The fourth-order valence-corrected chi connectivity index (χ4v) is 1.09. The molecule has 1 atom stereocenters. The Morgan fingerprint density at radius 1 is 1.12 bits per heavy atom. The first-order valence-electron chi connectivity index (χ1n) is 3.29. The molecule has 0 saturated carbocycles. The van der Waals surface area contributed by atoms with Crippen LogP contribution in [0.5, 0.6) is 0 Å². The Morgan fingerprint density at radius 3 is 1.47 bits per heavy atom. The smallest absolute Gasteiger partial charge is 0.565 e. The van der Waals surface area contributed by atoms with Gasteiger partial charge in [0.2, 0.25) is 6.16 Å². The van der Waals surface area contributed by atoms with E-state index in [4.69, 9.17) is 29.8 Å². The van der Waals surface area contributed by atoms with E-state index in [0.717, 1.165) is 0 Å². The van der Waals surface area contributed by atoms with Crippen LogP contribution in [0.2, 0.25) is 0 Å². The summed E-state index contributed by atoms with van der Waals surface area (Å²) in [5.74, 6) is -3.50. The van der Waals surface area contributed by atoms with Crippen molar-refractivity contribution in [2.75, 3.05) is 0 Å². The van der Waals surface area contributed by atoms with E-state index in [1.54, 1.807) is 0 Å². The number of aliphatic carboxylic acids is 2. The van der Waals surface area contributed by atoms with Gasteiger partial charge >= 0.3 is 41.5 Å². The summed E-state index contributed by atoms with van der Waals surface area (Å²) in [5.41, 5.74) is 0. The van der Waals surface area contributed by atoms with Gasteiger partial charge in [0.15, 0.2) is 5.25 Å². The molecule has 1 unspecified atom stereocenters. The molecule has 0 fully saturated rings. The molecule has 0 spiro atoms. The van der Waals surface area contributed by atoms with Crippen LogP contribution in [-0.2, 0) is 19.7 Å². The number of hydrogen-bond donors (Lipinski definition) is 4. The molecule has 0 aliphatic heterocycles. The molecule has 0 aromatic rings. The molecule has 0 heterocycles. The number of hydrogen-bond acceptors (Lipinski definition) is 6. The minimum atomic E-state index is -4.84. The summed E-state index contributed by atoms with van der Waals surface area (Å²) >= 11 is 0. The van der Waals surface area contributed by atoms with E-state index in [1.165, 1.54) is 0 Å². The van der Waals surface area contributed by atoms with Crippen LogP contribution in [0.1, 0.15) is 6.42 Å². The van der Waals surface area contributed by atoms with Gasteiger partial charge in [-0.1, -0.05) is 0 Å². The minimum Gasteiger partial charge on any atom is -0.565 e. The van der Waals surface area contributed by atoms with Gasteiger partial charge in [0.25, 0.3) is 10.1 Å². The topological polar surface area (TPSA) is 189 Å². The zero-order valence-electron chi connectivity index (χ0n) is 8.43. The summed E-state index contributed by atoms with van der Waals surface area (Å²) in [4.78, 5) is 28.4. The second-order valence-electron chi connectivity index (χ2n) is 2.21. The molecule has 0 rings (SSSR count). The molecule has 0 amide bonds. The van der Waals surface area contributed by atoms with E-state index in [-0.39, 0.29) is 29.6 Å². The molecule has 12 heteroatoms. The van der Waals surface area contributed by atoms with Crippen molar-refractivity contribution in [1.82, 2.24) is 0 Å². The van der Waals surface area contributed by atoms with E-state index >= 15 is 0 Å². The summed E-state index contributed by atoms with van der Waals surface area (Å²) in [5, 5.41) is 29.2. The molecular formula is C5H7NaO10S.